The van der Waals surface area contributed by atoms with Gasteiger partial charge in [0.05, 0.1) is 20.0 Å². The zero-order valence-corrected chi connectivity index (χ0v) is 22.4. The minimum absolute atomic E-state index is 0.144. The molecule has 2 atom stereocenters. The summed E-state index contributed by atoms with van der Waals surface area (Å²) in [6.45, 7) is 0. The summed E-state index contributed by atoms with van der Waals surface area (Å²) >= 11 is 2.84. The van der Waals surface area contributed by atoms with Crippen molar-refractivity contribution in [1.29, 1.82) is 0 Å². The van der Waals surface area contributed by atoms with Gasteiger partial charge < -0.3 is 15.4 Å². The lowest BCUT2D eigenvalue weighted by atomic mass is 9.82. The van der Waals surface area contributed by atoms with E-state index in [4.69, 9.17) is 4.74 Å². The van der Waals surface area contributed by atoms with Crippen LogP contribution in [0.25, 0.3) is 0 Å². The van der Waals surface area contributed by atoms with Gasteiger partial charge in [-0.15, -0.1) is 20.4 Å². The number of carbonyl (C=O) groups is 2. The van der Waals surface area contributed by atoms with Crippen molar-refractivity contribution in [2.24, 2.45) is 0 Å². The van der Waals surface area contributed by atoms with Gasteiger partial charge in [-0.25, -0.2) is 0 Å². The summed E-state index contributed by atoms with van der Waals surface area (Å²) in [5.74, 6) is 0.885. The Morgan fingerprint density at radius 2 is 1.58 bits per heavy atom. The Kier molecular flexibility index (Phi) is 8.29. The van der Waals surface area contributed by atoms with E-state index in [0.29, 0.717) is 16.0 Å². The lowest BCUT2D eigenvalue weighted by molar-refractivity contribution is -0.116. The first kappa shape index (κ1) is 25.9. The van der Waals surface area contributed by atoms with Gasteiger partial charge in [-0.2, -0.15) is 0 Å². The highest BCUT2D eigenvalue weighted by Gasteiger charge is 2.29. The average Bonchev–Trinajstić information content (AvgIpc) is 3.59. The zero-order valence-electron chi connectivity index (χ0n) is 20.8. The van der Waals surface area contributed by atoms with Crippen LogP contribution in [-0.4, -0.2) is 44.3 Å². The van der Waals surface area contributed by atoms with E-state index >= 15 is 0 Å². The summed E-state index contributed by atoms with van der Waals surface area (Å²) in [5.41, 5.74) is 1.57. The molecule has 1 saturated carbocycles. The maximum atomic E-state index is 12.5. The second kappa shape index (κ2) is 12.2. The molecule has 196 valence electrons. The smallest absolute Gasteiger partial charge is 0.232 e. The summed E-state index contributed by atoms with van der Waals surface area (Å²) < 4.78 is 5.23. The molecule has 3 aromatic heterocycles. The Bertz CT molecular complexity index is 1390. The normalized spacial score (nSPS) is 17.1. The highest BCUT2D eigenvalue weighted by molar-refractivity contribution is 7.15. The molecule has 2 amide bonds. The van der Waals surface area contributed by atoms with Gasteiger partial charge in [0.1, 0.15) is 15.8 Å². The maximum absolute atomic E-state index is 12.5. The van der Waals surface area contributed by atoms with Crippen LogP contribution in [0.2, 0.25) is 0 Å². The first-order valence-electron chi connectivity index (χ1n) is 12.3. The number of amides is 2. The highest BCUT2D eigenvalue weighted by atomic mass is 32.1. The van der Waals surface area contributed by atoms with Crippen LogP contribution < -0.4 is 15.4 Å². The molecule has 2 N–H and O–H groups in total. The van der Waals surface area contributed by atoms with Crippen molar-refractivity contribution in [3.8, 4) is 5.75 Å². The van der Waals surface area contributed by atoms with Crippen LogP contribution in [-0.2, 0) is 22.4 Å². The molecule has 1 fully saturated rings. The number of carbonyl (C=O) groups excluding carboxylic acids is 2. The molecule has 0 aliphatic heterocycles. The highest BCUT2D eigenvalue weighted by Crippen LogP contribution is 2.43. The van der Waals surface area contributed by atoms with Crippen LogP contribution in [0.3, 0.4) is 0 Å². The monoisotopic (exact) mass is 549 g/mol. The lowest BCUT2D eigenvalue weighted by Gasteiger charge is -2.25. The number of anilines is 2. The summed E-state index contributed by atoms with van der Waals surface area (Å²) in [6.07, 6.45) is 6.02. The summed E-state index contributed by atoms with van der Waals surface area (Å²) in [4.78, 5) is 29.1. The summed E-state index contributed by atoms with van der Waals surface area (Å²) in [6, 6.07) is 12.9. The third-order valence-corrected chi connectivity index (χ3v) is 8.32. The number of nitrogens with zero attached hydrogens (tertiary/aromatic N) is 5. The number of methoxy groups -OCH3 is 1. The van der Waals surface area contributed by atoms with Gasteiger partial charge in [-0.3, -0.25) is 14.6 Å². The number of ether oxygens (including phenoxy) is 1. The van der Waals surface area contributed by atoms with E-state index in [1.165, 1.54) is 22.7 Å². The number of hydrogen-bond acceptors (Lipinski definition) is 10. The number of aromatic nitrogens is 5. The molecule has 0 bridgehead atoms. The molecule has 0 radical (unpaired) electrons. The van der Waals surface area contributed by atoms with Gasteiger partial charge >= 0.3 is 0 Å². The third-order valence-electron chi connectivity index (χ3n) is 6.31. The van der Waals surface area contributed by atoms with Crippen molar-refractivity contribution >= 4 is 44.8 Å². The van der Waals surface area contributed by atoms with Crippen LogP contribution in [0.15, 0.2) is 48.7 Å². The largest absolute Gasteiger partial charge is 0.497 e. The number of rotatable bonds is 9. The Balaban J connectivity index is 1.15. The molecule has 1 aliphatic rings. The predicted molar refractivity (Wildman–Crippen MR) is 146 cm³/mol. The molecular formula is C26H27N7O3S2. The van der Waals surface area contributed by atoms with Crippen molar-refractivity contribution < 1.29 is 14.3 Å². The van der Waals surface area contributed by atoms with Crippen LogP contribution in [0.4, 0.5) is 10.3 Å². The van der Waals surface area contributed by atoms with Crippen molar-refractivity contribution in [3.63, 3.8) is 0 Å². The van der Waals surface area contributed by atoms with Gasteiger partial charge in [0, 0.05) is 23.7 Å². The van der Waals surface area contributed by atoms with Crippen molar-refractivity contribution in [3.05, 3.63) is 69.9 Å². The van der Waals surface area contributed by atoms with E-state index in [9.17, 15) is 9.59 Å². The average molecular weight is 550 g/mol. The minimum atomic E-state index is -0.164. The fraction of sp³-hybridized carbons (Fsp3) is 0.346. The molecule has 2 unspecified atom stereocenters. The molecular weight excluding hydrogens is 522 g/mol. The molecule has 12 heteroatoms. The van der Waals surface area contributed by atoms with Crippen molar-refractivity contribution in [1.82, 2.24) is 25.4 Å². The molecule has 1 aliphatic carbocycles. The maximum Gasteiger partial charge on any atom is 0.232 e. The Hall–Kier alpha value is -3.77. The molecule has 3 heterocycles. The van der Waals surface area contributed by atoms with E-state index in [2.05, 4.69) is 36.0 Å². The SMILES string of the molecule is COc1cccc(CC(=O)Nc2nnc(C3CCCC(c4nnc(NC(=O)Cc5ccccn5)s4)C3)s2)c1. The van der Waals surface area contributed by atoms with E-state index in [1.54, 1.807) is 13.3 Å². The molecule has 10 nitrogen and oxygen atoms in total. The van der Waals surface area contributed by atoms with Gasteiger partial charge in [0.15, 0.2) is 0 Å². The third kappa shape index (κ3) is 6.75. The van der Waals surface area contributed by atoms with Crippen LogP contribution in [0.1, 0.15) is 58.8 Å². The molecule has 38 heavy (non-hydrogen) atoms. The molecule has 4 aromatic rings. The van der Waals surface area contributed by atoms with E-state index in [-0.39, 0.29) is 36.5 Å². The molecule has 0 spiro atoms. The van der Waals surface area contributed by atoms with Gasteiger partial charge in [0.2, 0.25) is 22.1 Å². The predicted octanol–water partition coefficient (Wildman–Crippen LogP) is 4.60. The molecule has 0 saturated heterocycles. The summed E-state index contributed by atoms with van der Waals surface area (Å²) in [7, 11) is 1.60. The molecule has 5 rings (SSSR count). The number of hydrogen-bond donors (Lipinski definition) is 2. The minimum Gasteiger partial charge on any atom is -0.497 e. The Morgan fingerprint density at radius 1 is 0.895 bits per heavy atom. The summed E-state index contributed by atoms with van der Waals surface area (Å²) in [5, 5.41) is 25.7. The second-order valence-electron chi connectivity index (χ2n) is 9.07. The topological polar surface area (TPSA) is 132 Å². The Morgan fingerprint density at radius 3 is 2.21 bits per heavy atom. The van der Waals surface area contributed by atoms with Gasteiger partial charge in [-0.1, -0.05) is 47.3 Å². The van der Waals surface area contributed by atoms with Crippen molar-refractivity contribution in [2.75, 3.05) is 17.7 Å². The lowest BCUT2D eigenvalue weighted by Crippen LogP contribution is -2.14. The van der Waals surface area contributed by atoms with Crippen molar-refractivity contribution in [2.45, 2.75) is 50.4 Å². The fourth-order valence-electron chi connectivity index (χ4n) is 4.50. The fourth-order valence-corrected chi connectivity index (χ4v) is 6.31. The second-order valence-corrected chi connectivity index (χ2v) is 11.1. The van der Waals surface area contributed by atoms with E-state index in [0.717, 1.165) is 47.0 Å². The van der Waals surface area contributed by atoms with Crippen LogP contribution in [0, 0.1) is 0 Å². The molecule has 1 aromatic carbocycles. The van der Waals surface area contributed by atoms with Gasteiger partial charge in [-0.05, 0) is 49.1 Å². The van der Waals surface area contributed by atoms with Crippen LogP contribution >= 0.6 is 22.7 Å². The standard InChI is InChI=1S/C26H27N7O3S2/c1-36-20-10-4-6-16(12-20)13-21(34)28-25-32-30-23(37-25)17-7-5-8-18(14-17)24-31-33-26(38-24)29-22(35)15-19-9-2-3-11-27-19/h2-4,6,9-12,17-18H,5,7-8,13-15H2,1H3,(H,28,32,34)(H,29,33,35). The van der Waals surface area contributed by atoms with E-state index in [1.807, 2.05) is 42.5 Å². The number of pyridine rings is 1. The van der Waals surface area contributed by atoms with Gasteiger partial charge in [0.25, 0.3) is 0 Å². The van der Waals surface area contributed by atoms with E-state index < -0.39 is 0 Å². The number of nitrogens with one attached hydrogen (secondary N) is 2. The number of benzene rings is 1. The van der Waals surface area contributed by atoms with Crippen LogP contribution in [0.5, 0.6) is 5.75 Å². The quantitative estimate of drug-likeness (QED) is 0.310. The first-order chi connectivity index (χ1) is 18.6. The Labute approximate surface area is 227 Å². The first-order valence-corrected chi connectivity index (χ1v) is 14.0. The zero-order chi connectivity index (χ0) is 26.3.